The Balaban J connectivity index is 0.936. The summed E-state index contributed by atoms with van der Waals surface area (Å²) < 4.78 is 12.9. The maximum absolute atomic E-state index is 13.3. The number of carbonyl (C=O) groups is 2. The third kappa shape index (κ3) is 10.9. The van der Waals surface area contributed by atoms with Crippen molar-refractivity contribution in [1.29, 1.82) is 0 Å². The van der Waals surface area contributed by atoms with Crippen LogP contribution in [0.25, 0.3) is 0 Å². The van der Waals surface area contributed by atoms with E-state index in [0.29, 0.717) is 47.7 Å². The van der Waals surface area contributed by atoms with E-state index >= 15 is 0 Å². The van der Waals surface area contributed by atoms with Gasteiger partial charge >= 0.3 is 5.97 Å². The molecule has 7 nitrogen and oxygen atoms in total. The molecule has 0 spiro atoms. The second-order valence-corrected chi connectivity index (χ2v) is 23.6. The molecule has 5 aliphatic rings. The normalized spacial score (nSPS) is 34.3. The number of ether oxygens (including phenoxy) is 2. The van der Waals surface area contributed by atoms with Gasteiger partial charge in [-0.05, 0) is 192 Å². The molecule has 1 amide bonds. The van der Waals surface area contributed by atoms with Crippen molar-refractivity contribution in [3.05, 3.63) is 22.3 Å². The van der Waals surface area contributed by atoms with Gasteiger partial charge in [-0.1, -0.05) is 93.4 Å². The van der Waals surface area contributed by atoms with Crippen LogP contribution in [0.15, 0.2) is 0 Å². The first-order chi connectivity index (χ1) is 29.3. The molecule has 1 aromatic carbocycles. The van der Waals surface area contributed by atoms with E-state index < -0.39 is 5.97 Å². The van der Waals surface area contributed by atoms with Crippen molar-refractivity contribution in [2.45, 2.75) is 229 Å². The molecule has 6 rings (SSSR count). The minimum absolute atomic E-state index is 0.0994. The quantitative estimate of drug-likeness (QED) is 0.0945. The molecule has 352 valence electrons. The highest BCUT2D eigenvalue weighted by Gasteiger charge is 2.62. The lowest BCUT2D eigenvalue weighted by molar-refractivity contribution is -0.174. The number of hydrogen-bond acceptors (Lipinski definition) is 6. The van der Waals surface area contributed by atoms with Gasteiger partial charge in [0, 0.05) is 12.0 Å². The second-order valence-electron chi connectivity index (χ2n) is 23.6. The molecule has 62 heavy (non-hydrogen) atoms. The molecule has 1 aliphatic heterocycles. The Kier molecular flexibility index (Phi) is 16.4. The Bertz CT molecular complexity index is 1690. The first-order valence-corrected chi connectivity index (χ1v) is 25.9. The Morgan fingerprint density at radius 2 is 1.40 bits per heavy atom. The van der Waals surface area contributed by atoms with Crippen LogP contribution in [0.2, 0.25) is 0 Å². The number of hydrogen-bond donors (Lipinski definition) is 3. The van der Waals surface area contributed by atoms with Crippen LogP contribution in [0.5, 0.6) is 11.5 Å². The van der Waals surface area contributed by atoms with E-state index in [4.69, 9.17) is 9.47 Å². The fourth-order valence-corrected chi connectivity index (χ4v) is 14.6. The second kappa shape index (κ2) is 20.6. The van der Waals surface area contributed by atoms with Crippen molar-refractivity contribution >= 4 is 11.9 Å². The summed E-state index contributed by atoms with van der Waals surface area (Å²) >= 11 is 0. The van der Waals surface area contributed by atoms with Gasteiger partial charge < -0.3 is 25.0 Å². The predicted octanol–water partition coefficient (Wildman–Crippen LogP) is 12.6. The topological polar surface area (TPSA) is 105 Å². The number of fused-ring (bicyclic) bond motifs is 6. The van der Waals surface area contributed by atoms with E-state index in [1.165, 1.54) is 57.8 Å². The van der Waals surface area contributed by atoms with Gasteiger partial charge in [-0.2, -0.15) is 0 Å². The summed E-state index contributed by atoms with van der Waals surface area (Å²) in [5.74, 6) is 6.17. The molecule has 3 N–H and O–H groups in total. The van der Waals surface area contributed by atoms with Crippen LogP contribution < -0.4 is 14.8 Å². The largest absolute Gasteiger partial charge is 0.487 e. The number of amides is 1. The van der Waals surface area contributed by atoms with Crippen molar-refractivity contribution < 1.29 is 29.3 Å². The fraction of sp³-hybridized carbons (Fsp3) is 0.855. The molecular formula is C55H91NO6. The summed E-state index contributed by atoms with van der Waals surface area (Å²) in [6.45, 7) is 25.1. The minimum atomic E-state index is -0.439. The van der Waals surface area contributed by atoms with Crippen molar-refractivity contribution in [2.24, 2.45) is 64.1 Å². The molecule has 0 radical (unpaired) electrons. The van der Waals surface area contributed by atoms with Crippen LogP contribution in [-0.2, 0) is 16.0 Å². The Morgan fingerprint density at radius 3 is 2.10 bits per heavy atom. The van der Waals surface area contributed by atoms with Gasteiger partial charge in [-0.15, -0.1) is 0 Å². The molecule has 0 aromatic heterocycles. The van der Waals surface area contributed by atoms with Crippen molar-refractivity contribution in [3.63, 3.8) is 0 Å². The summed E-state index contributed by atoms with van der Waals surface area (Å²) in [4.78, 5) is 26.4. The van der Waals surface area contributed by atoms with E-state index in [1.54, 1.807) is 0 Å². The highest BCUT2D eigenvalue weighted by Crippen LogP contribution is 2.68. The van der Waals surface area contributed by atoms with E-state index in [0.717, 1.165) is 116 Å². The lowest BCUT2D eigenvalue weighted by atomic mass is 9.43. The molecule has 0 bridgehead atoms. The van der Waals surface area contributed by atoms with Crippen LogP contribution in [-0.4, -0.2) is 46.4 Å². The average Bonchev–Trinajstić information content (AvgIpc) is 3.57. The standard InChI is InChI=1S/C55H91NO6/c1-34(2)15-12-16-35(3)17-13-18-36(4)19-14-27-53(9)28-25-43-40(8)51(38(6)39(7)52(43)62-53)61-49(60)33-56-48(59)23-20-37(5)44-21-22-45-50-46(26-30-55(44,45)11)54(10)29-24-42(57)31-41(54)32-47(50)58/h34-37,41-42,44-47,50,57-58H,12-33H2,1-11H3,(H,56,59)/t35-,36-,37-,41+,42-,44-,45+,46+,47-,50+,53-,54+,55-/m1/s1. The fourth-order valence-electron chi connectivity index (χ4n) is 14.6. The summed E-state index contributed by atoms with van der Waals surface area (Å²) in [5, 5.41) is 25.0. The van der Waals surface area contributed by atoms with Gasteiger partial charge in [0.25, 0.3) is 0 Å². The molecule has 0 saturated heterocycles. The van der Waals surface area contributed by atoms with Crippen LogP contribution >= 0.6 is 0 Å². The number of nitrogens with one attached hydrogen (secondary N) is 1. The Morgan fingerprint density at radius 1 is 0.758 bits per heavy atom. The summed E-state index contributed by atoms with van der Waals surface area (Å²) in [7, 11) is 0. The van der Waals surface area contributed by atoms with Crippen molar-refractivity contribution in [1.82, 2.24) is 5.32 Å². The molecule has 4 saturated carbocycles. The van der Waals surface area contributed by atoms with E-state index in [9.17, 15) is 19.8 Å². The number of rotatable bonds is 19. The van der Waals surface area contributed by atoms with Crippen LogP contribution in [0, 0.1) is 84.9 Å². The van der Waals surface area contributed by atoms with Crippen LogP contribution in [0.3, 0.4) is 0 Å². The molecule has 4 aliphatic carbocycles. The molecule has 1 heterocycles. The number of aliphatic hydroxyl groups is 2. The smallest absolute Gasteiger partial charge is 0.330 e. The maximum Gasteiger partial charge on any atom is 0.330 e. The first kappa shape index (κ1) is 49.3. The van der Waals surface area contributed by atoms with Gasteiger partial charge in [-0.25, -0.2) is 4.79 Å². The van der Waals surface area contributed by atoms with Crippen molar-refractivity contribution in [2.75, 3.05) is 6.54 Å². The van der Waals surface area contributed by atoms with Crippen LogP contribution in [0.1, 0.15) is 206 Å². The van der Waals surface area contributed by atoms with Crippen molar-refractivity contribution in [3.8, 4) is 11.5 Å². The number of carbonyl (C=O) groups excluding carboxylic acids is 2. The van der Waals surface area contributed by atoms with E-state index in [-0.39, 0.29) is 41.1 Å². The number of benzene rings is 1. The van der Waals surface area contributed by atoms with E-state index in [1.807, 2.05) is 13.8 Å². The zero-order valence-corrected chi connectivity index (χ0v) is 41.4. The SMILES string of the molecule is Cc1c(C)c2c(c(C)c1OC(=O)CNC(=O)CC[C@@H](C)[C@H]1CC[C@H]3[C@@H]4[C@H](O)C[C@@H]5C[C@H](O)CC[C@]5(C)[C@H]4CC[C@]13C)CC[C@@](C)(CCC[C@H](C)CCC[C@H](C)CCCC(C)C)O2. The maximum atomic E-state index is 13.3. The average molecular weight is 862 g/mol. The Labute approximate surface area is 378 Å². The molecule has 7 heteroatoms. The lowest BCUT2D eigenvalue weighted by Gasteiger charge is -2.62. The van der Waals surface area contributed by atoms with Crippen LogP contribution in [0.4, 0.5) is 0 Å². The number of esters is 1. The summed E-state index contributed by atoms with van der Waals surface area (Å²) in [5.41, 5.74) is 4.28. The van der Waals surface area contributed by atoms with Gasteiger partial charge in [-0.3, -0.25) is 4.79 Å². The van der Waals surface area contributed by atoms with Gasteiger partial charge in [0.05, 0.1) is 12.2 Å². The van der Waals surface area contributed by atoms with Gasteiger partial charge in [0.15, 0.2) is 0 Å². The molecule has 0 unspecified atom stereocenters. The third-order valence-corrected chi connectivity index (χ3v) is 18.7. The predicted molar refractivity (Wildman–Crippen MR) is 252 cm³/mol. The third-order valence-electron chi connectivity index (χ3n) is 18.7. The zero-order chi connectivity index (χ0) is 45.1. The molecular weight excluding hydrogens is 771 g/mol. The monoisotopic (exact) mass is 862 g/mol. The van der Waals surface area contributed by atoms with E-state index in [2.05, 4.69) is 67.6 Å². The van der Waals surface area contributed by atoms with Gasteiger partial charge in [0.1, 0.15) is 23.6 Å². The highest BCUT2D eigenvalue weighted by molar-refractivity contribution is 5.83. The molecule has 13 atom stereocenters. The minimum Gasteiger partial charge on any atom is -0.487 e. The number of aliphatic hydroxyl groups excluding tert-OH is 2. The molecule has 1 aromatic rings. The lowest BCUT2D eigenvalue weighted by Crippen LogP contribution is -2.58. The zero-order valence-electron chi connectivity index (χ0n) is 41.4. The Hall–Kier alpha value is -2.12. The summed E-state index contributed by atoms with van der Waals surface area (Å²) in [6.07, 6.45) is 22.4. The highest BCUT2D eigenvalue weighted by atomic mass is 16.5. The first-order valence-electron chi connectivity index (χ1n) is 25.9. The molecule has 4 fully saturated rings. The summed E-state index contributed by atoms with van der Waals surface area (Å²) in [6, 6.07) is 0. The van der Waals surface area contributed by atoms with Gasteiger partial charge in [0.2, 0.25) is 5.91 Å².